The van der Waals surface area contributed by atoms with Gasteiger partial charge in [0.05, 0.1) is 0 Å². The number of likely N-dealkylation sites (tertiary alicyclic amines) is 1. The van der Waals surface area contributed by atoms with Crippen LogP contribution in [0, 0.1) is 24.6 Å². The Hall–Kier alpha value is -4.12. The number of pyridine rings is 2. The van der Waals surface area contributed by atoms with Crippen LogP contribution < -0.4 is 9.64 Å². The van der Waals surface area contributed by atoms with Crippen molar-refractivity contribution >= 4 is 28.4 Å². The third-order valence-electron chi connectivity index (χ3n) is 7.47. The molecule has 0 aliphatic carbocycles. The fourth-order valence-corrected chi connectivity index (χ4v) is 5.30. The molecule has 5 aromatic rings. The van der Waals surface area contributed by atoms with E-state index < -0.39 is 0 Å². The molecule has 2 aliphatic rings. The van der Waals surface area contributed by atoms with E-state index in [1.807, 2.05) is 60.5 Å². The van der Waals surface area contributed by atoms with Crippen molar-refractivity contribution in [2.75, 3.05) is 31.1 Å². The van der Waals surface area contributed by atoms with Gasteiger partial charge < -0.3 is 24.5 Å². The zero-order valence-electron chi connectivity index (χ0n) is 22.5. The van der Waals surface area contributed by atoms with Gasteiger partial charge in [-0.15, -0.1) is 11.6 Å². The number of nitrogens with zero attached hydrogens (tertiary/aromatic N) is 8. The fraction of sp³-hybridized carbons (Fsp3) is 0.267. The number of carbonyl (C=O) groups excluding carboxylic acids is 1. The summed E-state index contributed by atoms with van der Waals surface area (Å²) >= 11 is 0. The second-order valence-electron chi connectivity index (χ2n) is 10.1. The van der Waals surface area contributed by atoms with Gasteiger partial charge in [0.2, 0.25) is 5.91 Å². The molecule has 4 aromatic heterocycles. The van der Waals surface area contributed by atoms with E-state index in [0.29, 0.717) is 5.52 Å². The summed E-state index contributed by atoms with van der Waals surface area (Å²) in [6.07, 6.45) is 11.3. The number of carbonyl (C=O) groups is 1. The number of ether oxygens (including phenoxy) is 1. The maximum Gasteiger partial charge on any atom is 0.245 e. The first-order chi connectivity index (χ1) is 19.5. The van der Waals surface area contributed by atoms with Crippen molar-refractivity contribution in [2.24, 2.45) is 5.41 Å². The zero-order chi connectivity index (χ0) is 27.5. The normalized spacial score (nSPS) is 17.8. The number of aryl methyl sites for hydroxylation is 1. The van der Waals surface area contributed by atoms with Crippen LogP contribution in [0.25, 0.3) is 16.7 Å². The van der Waals surface area contributed by atoms with Crippen LogP contribution in [-0.2, 0) is 27.2 Å². The van der Waals surface area contributed by atoms with Crippen LogP contribution in [0.5, 0.6) is 11.5 Å². The van der Waals surface area contributed by atoms with Crippen LogP contribution in [0.2, 0.25) is 0 Å². The summed E-state index contributed by atoms with van der Waals surface area (Å²) in [4.78, 5) is 32.9. The van der Waals surface area contributed by atoms with E-state index in [-0.39, 0.29) is 33.7 Å². The molecule has 7 rings (SSSR count). The number of benzene rings is 1. The minimum atomic E-state index is 0. The van der Waals surface area contributed by atoms with Crippen molar-refractivity contribution in [1.29, 1.82) is 0 Å². The zero-order valence-corrected chi connectivity index (χ0v) is 24.7. The first-order valence-corrected chi connectivity index (χ1v) is 13.1. The average molecular weight is 730 g/mol. The molecule has 41 heavy (non-hydrogen) atoms. The molecule has 10 nitrogen and oxygen atoms in total. The van der Waals surface area contributed by atoms with Crippen LogP contribution in [0.4, 0.5) is 5.82 Å². The Kier molecular flexibility index (Phi) is 8.44. The second-order valence-corrected chi connectivity index (χ2v) is 10.1. The van der Waals surface area contributed by atoms with E-state index in [1.54, 1.807) is 4.52 Å². The summed E-state index contributed by atoms with van der Waals surface area (Å²) in [6, 6.07) is 16.3. The molecule has 1 aromatic carbocycles. The number of fused-ring (bicyclic) bond motifs is 2. The van der Waals surface area contributed by atoms with Crippen LogP contribution in [0.1, 0.15) is 18.4 Å². The van der Waals surface area contributed by atoms with Crippen LogP contribution in [0.3, 0.4) is 0 Å². The third kappa shape index (κ3) is 6.14. The molecule has 1 amide bonds. The summed E-state index contributed by atoms with van der Waals surface area (Å²) in [5, 5.41) is 4.03. The molecule has 2 aliphatic heterocycles. The summed E-state index contributed by atoms with van der Waals surface area (Å²) in [5.74, 6) is 2.55. The maximum absolute atomic E-state index is 11.8. The molecular weight excluding hydrogens is 701 g/mol. The summed E-state index contributed by atoms with van der Waals surface area (Å²) in [7, 11) is 0. The smallest absolute Gasteiger partial charge is 0.245 e. The van der Waals surface area contributed by atoms with Crippen LogP contribution in [-0.4, -0.2) is 66.5 Å². The van der Waals surface area contributed by atoms with Crippen molar-refractivity contribution in [3.8, 4) is 11.5 Å². The van der Waals surface area contributed by atoms with E-state index in [1.165, 1.54) is 18.7 Å². The number of hydrogen-bond acceptors (Lipinski definition) is 8. The topological polar surface area (TPSA) is 102 Å². The predicted molar refractivity (Wildman–Crippen MR) is 150 cm³/mol. The van der Waals surface area contributed by atoms with Crippen LogP contribution >= 0.6 is 0 Å². The van der Waals surface area contributed by atoms with Gasteiger partial charge in [-0.3, -0.25) is 9.78 Å². The molecule has 6 heterocycles. The fourth-order valence-electron chi connectivity index (χ4n) is 5.30. The van der Waals surface area contributed by atoms with Gasteiger partial charge >= 0.3 is 0 Å². The van der Waals surface area contributed by atoms with E-state index >= 15 is 0 Å². The van der Waals surface area contributed by atoms with Crippen molar-refractivity contribution in [3.05, 3.63) is 91.8 Å². The Labute approximate surface area is 253 Å². The van der Waals surface area contributed by atoms with Crippen LogP contribution in [0.15, 0.2) is 74.0 Å². The molecule has 213 valence electrons. The molecule has 11 heteroatoms. The molecule has 1 atom stereocenters. The van der Waals surface area contributed by atoms with Crippen molar-refractivity contribution in [1.82, 2.24) is 34.4 Å². The number of aromatic nitrogens is 6. The number of rotatable bonds is 4. The molecule has 0 N–H and O–H groups in total. The van der Waals surface area contributed by atoms with Gasteiger partial charge in [0.15, 0.2) is 5.65 Å². The first kappa shape index (κ1) is 28.4. The number of amides is 1. The Morgan fingerprint density at radius 1 is 1.12 bits per heavy atom. The van der Waals surface area contributed by atoms with E-state index in [2.05, 4.69) is 48.8 Å². The maximum atomic E-state index is 11.8. The van der Waals surface area contributed by atoms with Gasteiger partial charge in [0.25, 0.3) is 0 Å². The van der Waals surface area contributed by atoms with Gasteiger partial charge in [0.1, 0.15) is 17.9 Å². The molecular formula is C30H28AuN8O2-2. The summed E-state index contributed by atoms with van der Waals surface area (Å²) < 4.78 is 7.48. The Morgan fingerprint density at radius 2 is 2.00 bits per heavy atom. The molecule has 2 fully saturated rings. The Balaban J connectivity index is 0.000000168. The van der Waals surface area contributed by atoms with Gasteiger partial charge in [-0.05, 0) is 42.1 Å². The van der Waals surface area contributed by atoms with E-state index in [4.69, 9.17) is 4.74 Å². The molecule has 2 saturated heterocycles. The van der Waals surface area contributed by atoms with Crippen molar-refractivity contribution in [2.45, 2.75) is 19.8 Å². The second kappa shape index (κ2) is 12.2. The predicted octanol–water partition coefficient (Wildman–Crippen LogP) is 4.07. The minimum Gasteiger partial charge on any atom is -0.482 e. The minimum absolute atomic E-state index is 0. The third-order valence-corrected chi connectivity index (χ3v) is 7.47. The number of anilines is 1. The van der Waals surface area contributed by atoms with Gasteiger partial charge in [0, 0.05) is 78.3 Å². The van der Waals surface area contributed by atoms with Gasteiger partial charge in [-0.1, -0.05) is 25.8 Å². The molecule has 1 radical (unpaired) electrons. The quantitative estimate of drug-likeness (QED) is 0.155. The Morgan fingerprint density at radius 3 is 2.85 bits per heavy atom. The van der Waals surface area contributed by atoms with E-state index in [0.717, 1.165) is 73.1 Å². The molecule has 1 unspecified atom stereocenters. The summed E-state index contributed by atoms with van der Waals surface area (Å²) in [5.41, 5.74) is 3.50. The SMILES string of the molecule is C=CC(=O)N1CCC2(CCN(c3ccc4ncn[c-]c4n3)C2)C1.Cc1c[c-]ccc1Oc1ccn2ncnc2c1.[Au]. The van der Waals surface area contributed by atoms with E-state index in [9.17, 15) is 4.79 Å². The number of hydrogen-bond donors (Lipinski definition) is 0. The molecule has 0 saturated carbocycles. The van der Waals surface area contributed by atoms with Gasteiger partial charge in [-0.2, -0.15) is 23.3 Å². The molecule has 0 bridgehead atoms. The van der Waals surface area contributed by atoms with Crippen molar-refractivity contribution in [3.63, 3.8) is 0 Å². The van der Waals surface area contributed by atoms with Gasteiger partial charge in [-0.25, -0.2) is 9.50 Å². The van der Waals surface area contributed by atoms with Crippen molar-refractivity contribution < 1.29 is 31.9 Å². The molecule has 1 spiro atoms. The first-order valence-electron chi connectivity index (χ1n) is 13.1. The Bertz CT molecular complexity index is 1690. The average Bonchev–Trinajstić information content (AvgIpc) is 3.74. The monoisotopic (exact) mass is 729 g/mol. The standard InChI is InChI=1S/C17H18N5O.C13H10N3O.Au/c1-2-16(23)22-8-6-17(11-22)5-7-21(10-17)15-4-3-13-14(20-15)9-18-12-19-13;1-10-4-2-3-5-12(10)17-11-6-7-16-13(8-11)14-9-15-16;/h2-4,12H,1,5-8,10-11H2;3-9H,1H3;/q2*-1;. The largest absolute Gasteiger partial charge is 0.482 e. The summed E-state index contributed by atoms with van der Waals surface area (Å²) in [6.45, 7) is 9.11.